The molecule has 3 heterocycles. The number of nitrogens with zero attached hydrogens (tertiary/aromatic N) is 4. The van der Waals surface area contributed by atoms with Gasteiger partial charge in [-0.2, -0.15) is 9.36 Å². The first-order valence-corrected chi connectivity index (χ1v) is 15.9. The van der Waals surface area contributed by atoms with Crippen LogP contribution in [0.3, 0.4) is 0 Å². The van der Waals surface area contributed by atoms with Crippen molar-refractivity contribution >= 4 is 69.5 Å². The molecule has 1 aromatic carbocycles. The van der Waals surface area contributed by atoms with E-state index in [2.05, 4.69) is 19.8 Å². The lowest BCUT2D eigenvalue weighted by Crippen LogP contribution is -2.71. The lowest BCUT2D eigenvalue weighted by Gasteiger charge is -2.49. The van der Waals surface area contributed by atoms with Crippen LogP contribution in [0.1, 0.15) is 46.0 Å². The van der Waals surface area contributed by atoms with Crippen LogP contribution in [-0.2, 0) is 40.1 Å². The number of nitrogens with two attached hydrogens (primary N) is 1. The summed E-state index contributed by atoms with van der Waals surface area (Å²) >= 11 is 8.27. The van der Waals surface area contributed by atoms with Gasteiger partial charge in [-0.15, -0.1) is 23.4 Å². The molecule has 2 aliphatic rings. The van der Waals surface area contributed by atoms with Crippen molar-refractivity contribution in [1.29, 1.82) is 0 Å². The van der Waals surface area contributed by atoms with Crippen molar-refractivity contribution in [3.63, 3.8) is 0 Å². The summed E-state index contributed by atoms with van der Waals surface area (Å²) in [5.41, 5.74) is 4.22. The Morgan fingerprint density at radius 1 is 1.18 bits per heavy atom. The van der Waals surface area contributed by atoms with Gasteiger partial charge in [0.25, 0.3) is 11.8 Å². The zero-order valence-corrected chi connectivity index (χ0v) is 27.8. The van der Waals surface area contributed by atoms with E-state index in [-0.39, 0.29) is 29.1 Å². The molecule has 0 aliphatic carbocycles. The summed E-state index contributed by atoms with van der Waals surface area (Å²) in [6, 6.07) is 5.95. The molecule has 0 saturated carbocycles. The maximum Gasteiger partial charge on any atom is 0.355 e. The van der Waals surface area contributed by atoms with Crippen LogP contribution in [0.15, 0.2) is 40.7 Å². The molecule has 3 N–H and O–H groups in total. The number of benzene rings is 1. The van der Waals surface area contributed by atoms with E-state index >= 15 is 0 Å². The van der Waals surface area contributed by atoms with Crippen molar-refractivity contribution in [2.24, 2.45) is 5.16 Å². The second kappa shape index (κ2) is 13.6. The number of ether oxygens (including phenoxy) is 3. The predicted molar refractivity (Wildman–Crippen MR) is 167 cm³/mol. The summed E-state index contributed by atoms with van der Waals surface area (Å²) in [5.74, 6) is -2.03. The number of rotatable bonds is 11. The SMILES string of the molecule is COc1ccc(COC(=O)C2=C(CCl)CS[C@@H]3[C@H](NC(=O)/C(=N\OC(C)(C)C(=O)OC(C)(C)C)c4nsc(N)n4)C(=O)N23)cc1. The van der Waals surface area contributed by atoms with E-state index in [1.807, 2.05) is 0 Å². The first kappa shape index (κ1) is 34.0. The molecule has 2 atom stereocenters. The molecule has 45 heavy (non-hydrogen) atoms. The van der Waals surface area contributed by atoms with Gasteiger partial charge in [0.15, 0.2) is 5.13 Å². The lowest BCUT2D eigenvalue weighted by atomic mass is 10.0. The standard InChI is InChI=1S/C28H33ClN6O8S2/c1-27(2,3)42-25(39)28(4,5)43-33-17(20-32-26(30)45-34-20)21(36)31-18-22(37)35-19(15(11-29)13-44-23(18)35)24(38)41-12-14-7-9-16(40-6)10-8-14/h7-10,18,23H,11-13H2,1-6H3,(H,31,36)(H2,30,32,34)/b33-17-/t18-,23-/m1/s1. The highest BCUT2D eigenvalue weighted by atomic mass is 35.5. The van der Waals surface area contributed by atoms with Gasteiger partial charge in [-0.05, 0) is 57.9 Å². The minimum Gasteiger partial charge on any atom is -0.497 e. The molecule has 1 aromatic heterocycles. The fraction of sp³-hybridized carbons (Fsp3) is 0.464. The summed E-state index contributed by atoms with van der Waals surface area (Å²) in [6.45, 7) is 7.90. The number of esters is 2. The third kappa shape index (κ3) is 7.86. The number of aromatic nitrogens is 2. The smallest absolute Gasteiger partial charge is 0.355 e. The molecule has 0 unspecified atom stereocenters. The molecule has 1 saturated heterocycles. The number of fused-ring (bicyclic) bond motifs is 1. The van der Waals surface area contributed by atoms with Crippen LogP contribution in [0, 0.1) is 0 Å². The number of methoxy groups -OCH3 is 1. The monoisotopic (exact) mass is 680 g/mol. The lowest BCUT2D eigenvalue weighted by molar-refractivity contribution is -0.179. The van der Waals surface area contributed by atoms with Gasteiger partial charge < -0.3 is 30.1 Å². The molecule has 0 bridgehead atoms. The van der Waals surface area contributed by atoms with Crippen LogP contribution < -0.4 is 15.8 Å². The average molecular weight is 681 g/mol. The van der Waals surface area contributed by atoms with Gasteiger partial charge in [0.1, 0.15) is 35.1 Å². The Morgan fingerprint density at radius 2 is 1.87 bits per heavy atom. The van der Waals surface area contributed by atoms with E-state index in [9.17, 15) is 19.2 Å². The Bertz CT molecular complexity index is 1540. The molecular formula is C28H33ClN6O8S2. The topological polar surface area (TPSA) is 185 Å². The number of nitrogen functional groups attached to an aromatic ring is 1. The number of β-lactam (4-membered cyclic amide) rings is 1. The Balaban J connectivity index is 1.49. The van der Waals surface area contributed by atoms with Crippen molar-refractivity contribution in [2.45, 2.75) is 63.8 Å². The number of carbonyl (C=O) groups excluding carboxylic acids is 4. The van der Waals surface area contributed by atoms with E-state index in [0.717, 1.165) is 17.1 Å². The van der Waals surface area contributed by atoms with Gasteiger partial charge >= 0.3 is 11.9 Å². The first-order chi connectivity index (χ1) is 21.1. The van der Waals surface area contributed by atoms with E-state index in [1.54, 1.807) is 52.1 Å². The zero-order valence-electron chi connectivity index (χ0n) is 25.4. The van der Waals surface area contributed by atoms with Crippen LogP contribution in [0.25, 0.3) is 0 Å². The molecule has 1 fully saturated rings. The first-order valence-electron chi connectivity index (χ1n) is 13.6. The maximum absolute atomic E-state index is 13.5. The molecule has 2 aromatic rings. The van der Waals surface area contributed by atoms with Crippen molar-refractivity contribution in [2.75, 3.05) is 24.5 Å². The minimum absolute atomic E-state index is 0.00594. The second-order valence-corrected chi connectivity index (χ2v) is 13.5. The van der Waals surface area contributed by atoms with Crippen molar-refractivity contribution in [3.8, 4) is 5.75 Å². The number of amides is 2. The van der Waals surface area contributed by atoms with Crippen LogP contribution in [-0.4, -0.2) is 85.1 Å². The average Bonchev–Trinajstić information content (AvgIpc) is 3.42. The number of thioether (sulfide) groups is 1. The second-order valence-electron chi connectivity index (χ2n) is 11.4. The Kier molecular flexibility index (Phi) is 10.3. The normalized spacial score (nSPS) is 18.5. The molecule has 2 amide bonds. The molecular weight excluding hydrogens is 648 g/mol. The summed E-state index contributed by atoms with van der Waals surface area (Å²) in [7, 11) is 1.55. The van der Waals surface area contributed by atoms with E-state index in [4.69, 9.17) is 36.4 Å². The summed E-state index contributed by atoms with van der Waals surface area (Å²) < 4.78 is 20.1. The number of nitrogens with one attached hydrogen (secondary N) is 1. The van der Waals surface area contributed by atoms with Crippen molar-refractivity contribution < 1.29 is 38.2 Å². The van der Waals surface area contributed by atoms with Crippen molar-refractivity contribution in [3.05, 3.63) is 46.9 Å². The van der Waals surface area contributed by atoms with Gasteiger partial charge in [0.05, 0.1) is 7.11 Å². The molecule has 17 heteroatoms. The molecule has 14 nitrogen and oxygen atoms in total. The number of oxime groups is 1. The maximum atomic E-state index is 13.5. The molecule has 4 rings (SSSR count). The highest BCUT2D eigenvalue weighted by Crippen LogP contribution is 2.41. The fourth-order valence-electron chi connectivity index (χ4n) is 4.04. The van der Waals surface area contributed by atoms with Crippen LogP contribution in [0.4, 0.5) is 5.13 Å². The Hall–Kier alpha value is -3.89. The summed E-state index contributed by atoms with van der Waals surface area (Å²) in [5, 5.41) is 5.94. The highest BCUT2D eigenvalue weighted by molar-refractivity contribution is 8.00. The van der Waals surface area contributed by atoms with Gasteiger partial charge in [0, 0.05) is 23.2 Å². The van der Waals surface area contributed by atoms with Gasteiger partial charge in [-0.3, -0.25) is 14.5 Å². The third-order valence-electron chi connectivity index (χ3n) is 6.34. The number of carbonyl (C=O) groups is 4. The molecule has 0 radical (unpaired) electrons. The van der Waals surface area contributed by atoms with Crippen LogP contribution in [0.2, 0.25) is 0 Å². The summed E-state index contributed by atoms with van der Waals surface area (Å²) in [4.78, 5) is 63.4. The van der Waals surface area contributed by atoms with Gasteiger partial charge in [-0.25, -0.2) is 9.59 Å². The van der Waals surface area contributed by atoms with Crippen molar-refractivity contribution in [1.82, 2.24) is 19.6 Å². The van der Waals surface area contributed by atoms with E-state index < -0.39 is 52.1 Å². The number of hydrogen-bond acceptors (Lipinski definition) is 14. The number of alkyl halides is 1. The number of anilines is 1. The van der Waals surface area contributed by atoms with Gasteiger partial charge in [-0.1, -0.05) is 17.3 Å². The van der Waals surface area contributed by atoms with Gasteiger partial charge in [0.2, 0.25) is 17.1 Å². The Morgan fingerprint density at radius 3 is 2.44 bits per heavy atom. The molecule has 0 spiro atoms. The highest BCUT2D eigenvalue weighted by Gasteiger charge is 2.54. The van der Waals surface area contributed by atoms with E-state index in [1.165, 1.54) is 30.5 Å². The molecule has 2 aliphatic heterocycles. The minimum atomic E-state index is -1.59. The van der Waals surface area contributed by atoms with Crippen LogP contribution in [0.5, 0.6) is 5.75 Å². The van der Waals surface area contributed by atoms with Crippen LogP contribution >= 0.6 is 34.9 Å². The number of hydrogen-bond donors (Lipinski definition) is 2. The Labute approximate surface area is 272 Å². The zero-order chi connectivity index (χ0) is 33.1. The third-order valence-corrected chi connectivity index (χ3v) is 8.55. The predicted octanol–water partition coefficient (Wildman–Crippen LogP) is 2.61. The fourth-order valence-corrected chi connectivity index (χ4v) is 6.15. The quantitative estimate of drug-likeness (QED) is 0.116. The number of halogens is 1. The molecule has 242 valence electrons. The van der Waals surface area contributed by atoms with E-state index in [0.29, 0.717) is 17.1 Å². The largest absolute Gasteiger partial charge is 0.497 e. The summed E-state index contributed by atoms with van der Waals surface area (Å²) in [6.07, 6.45) is 0.